The number of carbonyl (C=O) groups is 4. The molecule has 2 heterocycles. The molecule has 0 spiro atoms. The van der Waals surface area contributed by atoms with E-state index in [4.69, 9.17) is 18.9 Å². The highest BCUT2D eigenvalue weighted by Crippen LogP contribution is 2.37. The fourth-order valence-corrected chi connectivity index (χ4v) is 7.62. The average Bonchev–Trinajstić information content (AvgIpc) is 3.01. The number of amides is 2. The van der Waals surface area contributed by atoms with Crippen LogP contribution in [0.15, 0.2) is 48.5 Å². The highest BCUT2D eigenvalue weighted by atomic mass is 33.1. The summed E-state index contributed by atoms with van der Waals surface area (Å²) >= 11 is 0. The number of non-ortho nitro benzene ring substituents is 1. The number of esters is 1. The Morgan fingerprint density at radius 2 is 1.41 bits per heavy atom. The summed E-state index contributed by atoms with van der Waals surface area (Å²) in [6.07, 6.45) is 0.292. The zero-order valence-electron chi connectivity index (χ0n) is 25.9. The minimum absolute atomic E-state index is 0.0224. The van der Waals surface area contributed by atoms with Crippen molar-refractivity contribution >= 4 is 51.4 Å². The van der Waals surface area contributed by atoms with Gasteiger partial charge in [0.2, 0.25) is 5.91 Å². The number of fused-ring (bicyclic) bond motifs is 1. The number of benzene rings is 2. The summed E-state index contributed by atoms with van der Waals surface area (Å²) in [4.78, 5) is 64.1. The second kappa shape index (κ2) is 16.0. The monoisotopic (exact) mass is 675 g/mol. The van der Waals surface area contributed by atoms with Crippen molar-refractivity contribution in [2.24, 2.45) is 0 Å². The first-order valence-electron chi connectivity index (χ1n) is 14.8. The third kappa shape index (κ3) is 10.3. The van der Waals surface area contributed by atoms with Crippen molar-refractivity contribution in [3.63, 3.8) is 0 Å². The largest absolute Gasteiger partial charge is 0.514 e. The first-order valence-corrected chi connectivity index (χ1v) is 17.3. The van der Waals surface area contributed by atoms with Crippen LogP contribution >= 0.6 is 21.6 Å². The predicted molar refractivity (Wildman–Crippen MR) is 172 cm³/mol. The van der Waals surface area contributed by atoms with E-state index in [1.165, 1.54) is 24.3 Å². The van der Waals surface area contributed by atoms with Gasteiger partial charge < -0.3 is 28.7 Å². The number of rotatable bonds is 10. The molecule has 2 amide bonds. The molecule has 4 rings (SSSR count). The van der Waals surface area contributed by atoms with Gasteiger partial charge in [-0.05, 0) is 63.4 Å². The quantitative estimate of drug-likeness (QED) is 0.0726. The Morgan fingerprint density at radius 1 is 0.848 bits per heavy atom. The molecule has 248 valence electrons. The molecular formula is C31H37N3O10S2. The zero-order chi connectivity index (χ0) is 33.3. The van der Waals surface area contributed by atoms with Crippen LogP contribution in [0.1, 0.15) is 52.0 Å². The molecule has 0 N–H and O–H groups in total. The third-order valence-corrected chi connectivity index (χ3v) is 9.56. The van der Waals surface area contributed by atoms with Crippen molar-refractivity contribution in [3.05, 3.63) is 64.2 Å². The fraction of sp³-hybridized carbons (Fsp3) is 0.484. The van der Waals surface area contributed by atoms with E-state index in [0.717, 1.165) is 0 Å². The Bertz CT molecular complexity index is 1400. The van der Waals surface area contributed by atoms with E-state index in [2.05, 4.69) is 0 Å². The van der Waals surface area contributed by atoms with Crippen LogP contribution in [-0.4, -0.2) is 81.1 Å². The SMILES string of the molecule is CC(C)(C)OC(=O)CCCCC(=O)N1CCN(C(=O)Oc2ccc(COC(=O)Oc3ccc([N+](=O)[O-])cc3)cc2)[C@H]2CSSC[C@@H]21. The summed E-state index contributed by atoms with van der Waals surface area (Å²) in [6.45, 7) is 6.12. The van der Waals surface area contributed by atoms with Crippen LogP contribution in [-0.2, 0) is 25.7 Å². The number of nitro benzene ring substituents is 1. The molecule has 46 heavy (non-hydrogen) atoms. The van der Waals surface area contributed by atoms with E-state index < -0.39 is 22.8 Å². The number of ether oxygens (including phenoxy) is 4. The molecule has 2 aromatic carbocycles. The molecule has 0 aromatic heterocycles. The molecule has 13 nitrogen and oxygen atoms in total. The van der Waals surface area contributed by atoms with Crippen LogP contribution in [0.4, 0.5) is 15.3 Å². The molecule has 2 fully saturated rings. The summed E-state index contributed by atoms with van der Waals surface area (Å²) in [5.41, 5.74) is -0.0357. The Labute approximate surface area is 274 Å². The normalized spacial score (nSPS) is 17.8. The lowest BCUT2D eigenvalue weighted by Crippen LogP contribution is -2.65. The Morgan fingerprint density at radius 3 is 2.04 bits per heavy atom. The number of carbonyl (C=O) groups excluding carboxylic acids is 4. The summed E-state index contributed by atoms with van der Waals surface area (Å²) in [7, 11) is 3.34. The molecule has 2 aliphatic rings. The van der Waals surface area contributed by atoms with Gasteiger partial charge >= 0.3 is 18.2 Å². The molecule has 0 aliphatic carbocycles. The van der Waals surface area contributed by atoms with Gasteiger partial charge in [0.25, 0.3) is 5.69 Å². The summed E-state index contributed by atoms with van der Waals surface area (Å²) < 4.78 is 21.1. The summed E-state index contributed by atoms with van der Waals surface area (Å²) in [6, 6.07) is 11.2. The molecule has 2 saturated heterocycles. The smallest absolute Gasteiger partial charge is 0.460 e. The van der Waals surface area contributed by atoms with Gasteiger partial charge in [-0.15, -0.1) is 0 Å². The Hall–Kier alpha value is -3.98. The van der Waals surface area contributed by atoms with E-state index >= 15 is 0 Å². The minimum atomic E-state index is -0.971. The van der Waals surface area contributed by atoms with Crippen molar-refractivity contribution in [2.45, 2.75) is 70.7 Å². The van der Waals surface area contributed by atoms with E-state index in [1.54, 1.807) is 50.8 Å². The lowest BCUT2D eigenvalue weighted by molar-refractivity contribution is -0.384. The number of hydrogen-bond acceptors (Lipinski definition) is 12. The number of hydrogen-bond donors (Lipinski definition) is 0. The fourth-order valence-electron chi connectivity index (χ4n) is 4.94. The third-order valence-electron chi connectivity index (χ3n) is 7.12. The van der Waals surface area contributed by atoms with Gasteiger partial charge in [0.1, 0.15) is 23.7 Å². The molecule has 2 aliphatic heterocycles. The van der Waals surface area contributed by atoms with Gasteiger partial charge in [-0.2, -0.15) is 0 Å². The van der Waals surface area contributed by atoms with Crippen LogP contribution in [0, 0.1) is 10.1 Å². The van der Waals surface area contributed by atoms with Gasteiger partial charge in [-0.3, -0.25) is 19.7 Å². The van der Waals surface area contributed by atoms with Gasteiger partial charge in [-0.1, -0.05) is 33.7 Å². The summed E-state index contributed by atoms with van der Waals surface area (Å²) in [5.74, 6) is 1.55. The minimum Gasteiger partial charge on any atom is -0.460 e. The lowest BCUT2D eigenvalue weighted by atomic mass is 10.0. The van der Waals surface area contributed by atoms with Crippen LogP contribution in [0.2, 0.25) is 0 Å². The second-order valence-electron chi connectivity index (χ2n) is 11.7. The van der Waals surface area contributed by atoms with Crippen molar-refractivity contribution in [1.82, 2.24) is 9.80 Å². The molecule has 0 radical (unpaired) electrons. The standard InChI is InChI=1S/C31H37N3O10S2/c1-31(2,3)44-28(36)7-5-4-6-27(35)32-16-17-33(26-20-46-45-19-25(26)32)29(37)42-23-12-8-21(9-13-23)18-41-30(38)43-24-14-10-22(11-15-24)34(39)40/h8-15,25-26H,4-7,16-20H2,1-3H3/t25-,26-/m0/s1. The number of nitro groups is 1. The zero-order valence-corrected chi connectivity index (χ0v) is 27.5. The highest BCUT2D eigenvalue weighted by Gasteiger charge is 2.43. The molecular weight excluding hydrogens is 638 g/mol. The maximum atomic E-state index is 13.2. The molecule has 15 heteroatoms. The van der Waals surface area contributed by atoms with E-state index in [0.29, 0.717) is 55.2 Å². The van der Waals surface area contributed by atoms with Crippen molar-refractivity contribution in [2.75, 3.05) is 24.6 Å². The van der Waals surface area contributed by atoms with Gasteiger partial charge in [0.15, 0.2) is 0 Å². The van der Waals surface area contributed by atoms with Crippen molar-refractivity contribution < 1.29 is 43.0 Å². The predicted octanol–water partition coefficient (Wildman–Crippen LogP) is 5.99. The Kier molecular flexibility index (Phi) is 12.2. The molecule has 2 aromatic rings. The number of piperazine rings is 1. The van der Waals surface area contributed by atoms with Crippen LogP contribution in [0.25, 0.3) is 0 Å². The highest BCUT2D eigenvalue weighted by molar-refractivity contribution is 8.76. The molecule has 0 unspecified atom stereocenters. The number of nitrogens with zero attached hydrogens (tertiary/aromatic N) is 3. The molecule has 2 atom stereocenters. The molecule has 0 bridgehead atoms. The maximum Gasteiger partial charge on any atom is 0.514 e. The van der Waals surface area contributed by atoms with Gasteiger partial charge in [-0.25, -0.2) is 9.59 Å². The summed E-state index contributed by atoms with van der Waals surface area (Å²) in [5, 5.41) is 10.7. The Balaban J connectivity index is 1.23. The van der Waals surface area contributed by atoms with Crippen LogP contribution in [0.3, 0.4) is 0 Å². The van der Waals surface area contributed by atoms with Crippen LogP contribution in [0.5, 0.6) is 11.5 Å². The maximum absolute atomic E-state index is 13.2. The van der Waals surface area contributed by atoms with Gasteiger partial charge in [0, 0.05) is 49.6 Å². The topological polar surface area (TPSA) is 155 Å². The lowest BCUT2D eigenvalue weighted by Gasteiger charge is -2.48. The second-order valence-corrected chi connectivity index (χ2v) is 14.2. The van der Waals surface area contributed by atoms with E-state index in [-0.39, 0.29) is 48.4 Å². The van der Waals surface area contributed by atoms with E-state index in [1.807, 2.05) is 25.7 Å². The first kappa shape index (κ1) is 34.9. The number of unbranched alkanes of at least 4 members (excludes halogenated alkanes) is 1. The van der Waals surface area contributed by atoms with Crippen LogP contribution < -0.4 is 9.47 Å². The first-order chi connectivity index (χ1) is 21.9. The van der Waals surface area contributed by atoms with Gasteiger partial charge in [0.05, 0.1) is 17.0 Å². The molecule has 0 saturated carbocycles. The van der Waals surface area contributed by atoms with Crippen molar-refractivity contribution in [3.8, 4) is 11.5 Å². The van der Waals surface area contributed by atoms with Crippen molar-refractivity contribution in [1.29, 1.82) is 0 Å². The average molecular weight is 676 g/mol. The van der Waals surface area contributed by atoms with E-state index in [9.17, 15) is 29.3 Å².